The molecule has 2 aliphatic heterocycles. The lowest BCUT2D eigenvalue weighted by molar-refractivity contribution is -0.143. The number of carbonyl (C=O) groups is 2. The van der Waals surface area contributed by atoms with Crippen molar-refractivity contribution in [3.63, 3.8) is 0 Å². The second kappa shape index (κ2) is 6.47. The second-order valence-corrected chi connectivity index (χ2v) is 8.28. The minimum Gasteiger partial charge on any atom is -0.345 e. The molecule has 4 nitrogen and oxygen atoms in total. The molecule has 25 heavy (non-hydrogen) atoms. The van der Waals surface area contributed by atoms with Crippen molar-refractivity contribution in [1.82, 2.24) is 9.80 Å². The van der Waals surface area contributed by atoms with Gasteiger partial charge in [-0.1, -0.05) is 24.3 Å². The van der Waals surface area contributed by atoms with Crippen LogP contribution in [0.25, 0.3) is 0 Å². The summed E-state index contributed by atoms with van der Waals surface area (Å²) in [5.74, 6) is 0.772. The first kappa shape index (κ1) is 16.6. The van der Waals surface area contributed by atoms with Gasteiger partial charge in [0.25, 0.3) is 0 Å². The van der Waals surface area contributed by atoms with Crippen LogP contribution >= 0.6 is 0 Å². The van der Waals surface area contributed by atoms with Crippen LogP contribution < -0.4 is 0 Å². The minimum atomic E-state index is 0.152. The summed E-state index contributed by atoms with van der Waals surface area (Å²) in [4.78, 5) is 28.8. The fourth-order valence-corrected chi connectivity index (χ4v) is 5.01. The predicted molar refractivity (Wildman–Crippen MR) is 97.1 cm³/mol. The number of likely N-dealkylation sites (tertiary alicyclic amines) is 2. The highest BCUT2D eigenvalue weighted by Crippen LogP contribution is 2.40. The molecule has 0 saturated carbocycles. The fourth-order valence-electron chi connectivity index (χ4n) is 5.01. The highest BCUT2D eigenvalue weighted by atomic mass is 16.2. The summed E-state index contributed by atoms with van der Waals surface area (Å²) in [5.41, 5.74) is 3.02. The Morgan fingerprint density at radius 3 is 2.52 bits per heavy atom. The smallest absolute Gasteiger partial charge is 0.226 e. The van der Waals surface area contributed by atoms with Gasteiger partial charge in [0.1, 0.15) is 0 Å². The van der Waals surface area contributed by atoms with E-state index < -0.39 is 0 Å². The van der Waals surface area contributed by atoms with Crippen LogP contribution in [0, 0.1) is 11.3 Å². The summed E-state index contributed by atoms with van der Waals surface area (Å²) >= 11 is 0. The first-order valence-electron chi connectivity index (χ1n) is 9.66. The first-order valence-corrected chi connectivity index (χ1v) is 9.66. The van der Waals surface area contributed by atoms with Crippen LogP contribution in [0.15, 0.2) is 24.3 Å². The van der Waals surface area contributed by atoms with Gasteiger partial charge >= 0.3 is 0 Å². The Morgan fingerprint density at radius 1 is 1.08 bits per heavy atom. The van der Waals surface area contributed by atoms with Crippen molar-refractivity contribution in [3.8, 4) is 0 Å². The first-order chi connectivity index (χ1) is 12.1. The zero-order chi connectivity index (χ0) is 17.4. The van der Waals surface area contributed by atoms with Crippen LogP contribution in [0.1, 0.15) is 43.2 Å². The van der Waals surface area contributed by atoms with Crippen molar-refractivity contribution in [2.24, 2.45) is 11.3 Å². The lowest BCUT2D eigenvalue weighted by Crippen LogP contribution is -2.52. The number of rotatable bonds is 1. The monoisotopic (exact) mass is 340 g/mol. The Bertz CT molecular complexity index is 676. The molecule has 0 bridgehead atoms. The molecule has 2 saturated heterocycles. The van der Waals surface area contributed by atoms with Gasteiger partial charge in [-0.05, 0) is 55.1 Å². The van der Waals surface area contributed by atoms with Crippen LogP contribution in [-0.4, -0.2) is 48.3 Å². The Kier molecular flexibility index (Phi) is 4.30. The van der Waals surface area contributed by atoms with Gasteiger partial charge in [-0.3, -0.25) is 9.59 Å². The number of hydrogen-bond acceptors (Lipinski definition) is 2. The maximum absolute atomic E-state index is 13.0. The van der Waals surface area contributed by atoms with Crippen molar-refractivity contribution in [3.05, 3.63) is 35.4 Å². The number of amides is 2. The van der Waals surface area contributed by atoms with E-state index in [9.17, 15) is 9.59 Å². The van der Waals surface area contributed by atoms with Gasteiger partial charge in [-0.25, -0.2) is 0 Å². The van der Waals surface area contributed by atoms with E-state index in [1.54, 1.807) is 0 Å². The molecular formula is C21H28N2O2. The standard InChI is InChI=1S/C21H28N2O2/c1-22-15-21(9-8-19(22)24)10-12-23(13-11-21)20(25)18-7-6-16-4-2-3-5-17(16)14-18/h2-5,18H,6-15H2,1H3/t18-/m1/s1. The van der Waals surface area contributed by atoms with Crippen molar-refractivity contribution < 1.29 is 9.59 Å². The lowest BCUT2D eigenvalue weighted by Gasteiger charge is -2.47. The molecule has 0 radical (unpaired) electrons. The number of aryl methyl sites for hydroxylation is 1. The Labute approximate surface area is 150 Å². The van der Waals surface area contributed by atoms with E-state index in [-0.39, 0.29) is 17.2 Å². The van der Waals surface area contributed by atoms with Crippen molar-refractivity contribution in [2.75, 3.05) is 26.7 Å². The van der Waals surface area contributed by atoms with E-state index in [1.165, 1.54) is 11.1 Å². The number of nitrogens with zero attached hydrogens (tertiary/aromatic N) is 2. The third-order valence-electron chi connectivity index (χ3n) is 6.70. The van der Waals surface area contributed by atoms with Crippen LogP contribution in [0.4, 0.5) is 0 Å². The molecule has 1 aromatic carbocycles. The Hall–Kier alpha value is -1.84. The molecule has 134 valence electrons. The molecule has 2 amide bonds. The normalized spacial score (nSPS) is 25.8. The number of piperidine rings is 2. The molecule has 3 aliphatic rings. The number of fused-ring (bicyclic) bond motifs is 1. The maximum atomic E-state index is 13.0. The van der Waals surface area contributed by atoms with E-state index in [0.29, 0.717) is 12.3 Å². The molecule has 2 heterocycles. The molecule has 0 aromatic heterocycles. The largest absolute Gasteiger partial charge is 0.345 e. The number of carbonyl (C=O) groups excluding carboxylic acids is 2. The molecule has 0 unspecified atom stereocenters. The van der Waals surface area contributed by atoms with Gasteiger partial charge in [-0.15, -0.1) is 0 Å². The topological polar surface area (TPSA) is 40.6 Å². The molecule has 0 N–H and O–H groups in total. The quantitative estimate of drug-likeness (QED) is 0.788. The predicted octanol–water partition coefficient (Wildman–Crippen LogP) is 2.65. The van der Waals surface area contributed by atoms with Gasteiger partial charge in [0, 0.05) is 39.0 Å². The summed E-state index contributed by atoms with van der Waals surface area (Å²) < 4.78 is 0. The molecule has 1 aliphatic carbocycles. The molecule has 1 aromatic rings. The van der Waals surface area contributed by atoms with Crippen LogP contribution in [0.5, 0.6) is 0 Å². The SMILES string of the molecule is CN1CC2(CCC1=O)CCN(C(=O)[C@@H]1CCc3ccccc3C1)CC2. The van der Waals surface area contributed by atoms with E-state index in [0.717, 1.165) is 58.2 Å². The number of hydrogen-bond donors (Lipinski definition) is 0. The van der Waals surface area contributed by atoms with Gasteiger partial charge in [-0.2, -0.15) is 0 Å². The van der Waals surface area contributed by atoms with Gasteiger partial charge in [0.15, 0.2) is 0 Å². The van der Waals surface area contributed by atoms with Gasteiger partial charge in [0.2, 0.25) is 11.8 Å². The van der Waals surface area contributed by atoms with E-state index in [2.05, 4.69) is 29.2 Å². The number of benzene rings is 1. The summed E-state index contributed by atoms with van der Waals surface area (Å²) in [5, 5.41) is 0. The molecule has 2 fully saturated rings. The zero-order valence-electron chi connectivity index (χ0n) is 15.2. The zero-order valence-corrected chi connectivity index (χ0v) is 15.2. The summed E-state index contributed by atoms with van der Waals surface area (Å²) in [6.45, 7) is 2.59. The van der Waals surface area contributed by atoms with Crippen molar-refractivity contribution in [1.29, 1.82) is 0 Å². The molecule has 4 heteroatoms. The van der Waals surface area contributed by atoms with Crippen LogP contribution in [0.2, 0.25) is 0 Å². The highest BCUT2D eigenvalue weighted by Gasteiger charge is 2.41. The highest BCUT2D eigenvalue weighted by molar-refractivity contribution is 5.80. The molecule has 4 rings (SSSR count). The molecule has 1 atom stereocenters. The van der Waals surface area contributed by atoms with E-state index >= 15 is 0 Å². The average molecular weight is 340 g/mol. The van der Waals surface area contributed by atoms with Crippen molar-refractivity contribution in [2.45, 2.75) is 44.9 Å². The Balaban J connectivity index is 1.37. The van der Waals surface area contributed by atoms with Crippen LogP contribution in [-0.2, 0) is 22.4 Å². The van der Waals surface area contributed by atoms with Crippen molar-refractivity contribution >= 4 is 11.8 Å². The van der Waals surface area contributed by atoms with Gasteiger partial charge in [0.05, 0.1) is 0 Å². The fraction of sp³-hybridized carbons (Fsp3) is 0.619. The minimum absolute atomic E-state index is 0.152. The average Bonchev–Trinajstić information content (AvgIpc) is 2.65. The summed E-state index contributed by atoms with van der Waals surface area (Å²) in [6.07, 6.45) is 6.65. The molecular weight excluding hydrogens is 312 g/mol. The lowest BCUT2D eigenvalue weighted by atomic mass is 9.72. The van der Waals surface area contributed by atoms with E-state index in [1.807, 2.05) is 11.9 Å². The van der Waals surface area contributed by atoms with Crippen LogP contribution in [0.3, 0.4) is 0 Å². The maximum Gasteiger partial charge on any atom is 0.226 e. The third-order valence-corrected chi connectivity index (χ3v) is 6.70. The Morgan fingerprint density at radius 2 is 1.80 bits per heavy atom. The molecule has 1 spiro atoms. The third kappa shape index (κ3) is 3.19. The van der Waals surface area contributed by atoms with Gasteiger partial charge < -0.3 is 9.80 Å². The summed E-state index contributed by atoms with van der Waals surface area (Å²) in [7, 11) is 1.92. The second-order valence-electron chi connectivity index (χ2n) is 8.28. The summed E-state index contributed by atoms with van der Waals surface area (Å²) in [6, 6.07) is 8.55. The van der Waals surface area contributed by atoms with E-state index in [4.69, 9.17) is 0 Å².